The van der Waals surface area contributed by atoms with Crippen LogP contribution < -0.4 is 24.8 Å². The first-order chi connectivity index (χ1) is 17.5. The molecule has 3 aromatic rings. The Bertz CT molecular complexity index is 1250. The molecule has 1 atom stereocenters. The maximum Gasteiger partial charge on any atom is 0.338 e. The normalized spacial score (nSPS) is 15.0. The van der Waals surface area contributed by atoms with E-state index in [0.29, 0.717) is 40.7 Å². The third-order valence-electron chi connectivity index (χ3n) is 5.78. The highest BCUT2D eigenvalue weighted by Gasteiger charge is 2.33. The van der Waals surface area contributed by atoms with Crippen LogP contribution >= 0.6 is 0 Å². The van der Waals surface area contributed by atoms with Crippen LogP contribution in [0.3, 0.4) is 0 Å². The number of ether oxygens (including phenoxy) is 4. The van der Waals surface area contributed by atoms with Crippen molar-refractivity contribution in [2.45, 2.75) is 26.2 Å². The van der Waals surface area contributed by atoms with Gasteiger partial charge in [0, 0.05) is 5.70 Å². The van der Waals surface area contributed by atoms with E-state index in [9.17, 15) is 9.59 Å². The van der Waals surface area contributed by atoms with E-state index >= 15 is 0 Å². The number of rotatable bonds is 9. The Morgan fingerprint density at radius 3 is 2.28 bits per heavy atom. The molecule has 3 aromatic carbocycles. The second kappa shape index (κ2) is 11.3. The van der Waals surface area contributed by atoms with Gasteiger partial charge in [0.05, 0.1) is 25.8 Å². The minimum Gasteiger partial charge on any atom is -0.497 e. The van der Waals surface area contributed by atoms with Crippen molar-refractivity contribution in [2.75, 3.05) is 14.2 Å². The predicted octanol–water partition coefficient (Wildman–Crippen LogP) is 4.65. The number of benzene rings is 3. The molecule has 2 N–H and O–H groups in total. The van der Waals surface area contributed by atoms with Crippen molar-refractivity contribution in [3.05, 3.63) is 101 Å². The molecule has 0 aliphatic carbocycles. The molecule has 0 radical (unpaired) electrons. The average molecular weight is 489 g/mol. The van der Waals surface area contributed by atoms with Gasteiger partial charge in [0.2, 0.25) is 0 Å². The zero-order valence-electron chi connectivity index (χ0n) is 20.4. The second-order valence-corrected chi connectivity index (χ2v) is 8.18. The molecule has 8 nitrogen and oxygen atoms in total. The van der Waals surface area contributed by atoms with Crippen molar-refractivity contribution in [3.63, 3.8) is 0 Å². The van der Waals surface area contributed by atoms with Gasteiger partial charge >= 0.3 is 12.0 Å². The fourth-order valence-corrected chi connectivity index (χ4v) is 3.88. The van der Waals surface area contributed by atoms with Gasteiger partial charge in [-0.15, -0.1) is 0 Å². The minimum atomic E-state index is -0.730. The van der Waals surface area contributed by atoms with Crippen LogP contribution in [0.5, 0.6) is 17.2 Å². The third-order valence-corrected chi connectivity index (χ3v) is 5.78. The topological polar surface area (TPSA) is 95.1 Å². The molecular weight excluding hydrogens is 460 g/mol. The Morgan fingerprint density at radius 1 is 0.861 bits per heavy atom. The number of allylic oxidation sites excluding steroid dienone is 1. The van der Waals surface area contributed by atoms with E-state index in [-0.39, 0.29) is 6.61 Å². The van der Waals surface area contributed by atoms with Crippen molar-refractivity contribution >= 4 is 12.0 Å². The lowest BCUT2D eigenvalue weighted by Gasteiger charge is -2.28. The van der Waals surface area contributed by atoms with Gasteiger partial charge in [0.15, 0.2) is 11.5 Å². The quantitative estimate of drug-likeness (QED) is 0.426. The Morgan fingerprint density at radius 2 is 1.58 bits per heavy atom. The molecule has 2 amide bonds. The molecule has 0 bridgehead atoms. The highest BCUT2D eigenvalue weighted by molar-refractivity contribution is 5.95. The summed E-state index contributed by atoms with van der Waals surface area (Å²) in [6.07, 6.45) is 0. The number of nitrogens with one attached hydrogen (secondary N) is 2. The Kier molecular flexibility index (Phi) is 7.75. The van der Waals surface area contributed by atoms with Crippen molar-refractivity contribution in [3.8, 4) is 17.2 Å². The van der Waals surface area contributed by atoms with Crippen molar-refractivity contribution in [1.29, 1.82) is 0 Å². The molecule has 0 aromatic heterocycles. The van der Waals surface area contributed by atoms with Crippen LogP contribution in [-0.2, 0) is 22.7 Å². The molecule has 1 aliphatic rings. The van der Waals surface area contributed by atoms with Gasteiger partial charge in [0.25, 0.3) is 0 Å². The molecule has 0 spiro atoms. The summed E-state index contributed by atoms with van der Waals surface area (Å²) in [6.45, 7) is 2.09. The molecule has 0 fully saturated rings. The molecule has 1 unspecified atom stereocenters. The Balaban J connectivity index is 1.56. The van der Waals surface area contributed by atoms with Gasteiger partial charge in [-0.3, -0.25) is 0 Å². The molecule has 186 valence electrons. The number of amides is 2. The minimum absolute atomic E-state index is 0.0777. The molecule has 8 heteroatoms. The summed E-state index contributed by atoms with van der Waals surface area (Å²) in [5.74, 6) is 1.21. The SMILES string of the molecule is COc1ccc(COC(=O)C2=C(C)NC(=O)NC2c2ccc(OC)c(OCc3ccccc3)c2)cc1. The average Bonchev–Trinajstić information content (AvgIpc) is 2.90. The van der Waals surface area contributed by atoms with Crippen LogP contribution in [0, 0.1) is 0 Å². The van der Waals surface area contributed by atoms with Crippen LogP contribution in [-0.4, -0.2) is 26.2 Å². The maximum absolute atomic E-state index is 13.2. The van der Waals surface area contributed by atoms with E-state index in [4.69, 9.17) is 18.9 Å². The molecule has 36 heavy (non-hydrogen) atoms. The number of hydrogen-bond acceptors (Lipinski definition) is 6. The van der Waals surface area contributed by atoms with Crippen LogP contribution in [0.1, 0.15) is 29.7 Å². The number of carbonyl (C=O) groups is 2. The third kappa shape index (κ3) is 5.78. The summed E-state index contributed by atoms with van der Waals surface area (Å²) in [6, 6.07) is 21.2. The van der Waals surface area contributed by atoms with Gasteiger partial charge in [-0.05, 0) is 47.9 Å². The van der Waals surface area contributed by atoms with Gasteiger partial charge in [-0.2, -0.15) is 0 Å². The Hall–Kier alpha value is -4.46. The van der Waals surface area contributed by atoms with Gasteiger partial charge in [-0.1, -0.05) is 48.5 Å². The van der Waals surface area contributed by atoms with E-state index in [1.54, 1.807) is 51.5 Å². The van der Waals surface area contributed by atoms with E-state index in [2.05, 4.69) is 10.6 Å². The van der Waals surface area contributed by atoms with Crippen molar-refractivity contribution in [1.82, 2.24) is 10.6 Å². The summed E-state index contributed by atoms with van der Waals surface area (Å²) >= 11 is 0. The summed E-state index contributed by atoms with van der Waals surface area (Å²) in [4.78, 5) is 25.5. The van der Waals surface area contributed by atoms with Crippen LogP contribution in [0.15, 0.2) is 84.1 Å². The van der Waals surface area contributed by atoms with E-state index in [0.717, 1.165) is 11.1 Å². The highest BCUT2D eigenvalue weighted by atomic mass is 16.5. The molecular formula is C28H28N2O6. The first-order valence-corrected chi connectivity index (χ1v) is 11.4. The summed E-state index contributed by atoms with van der Waals surface area (Å²) < 4.78 is 22.2. The number of esters is 1. The largest absolute Gasteiger partial charge is 0.497 e. The number of methoxy groups -OCH3 is 2. The second-order valence-electron chi connectivity index (χ2n) is 8.18. The summed E-state index contributed by atoms with van der Waals surface area (Å²) in [5.41, 5.74) is 3.20. The van der Waals surface area contributed by atoms with E-state index in [1.165, 1.54) is 0 Å². The Labute approximate surface area is 209 Å². The van der Waals surface area contributed by atoms with Crippen LogP contribution in [0.25, 0.3) is 0 Å². The molecule has 4 rings (SSSR count). The monoisotopic (exact) mass is 488 g/mol. The van der Waals surface area contributed by atoms with Crippen LogP contribution in [0.4, 0.5) is 4.79 Å². The molecule has 0 saturated heterocycles. The number of urea groups is 1. The number of hydrogen-bond donors (Lipinski definition) is 2. The van der Waals surface area contributed by atoms with E-state index < -0.39 is 18.0 Å². The maximum atomic E-state index is 13.2. The lowest BCUT2D eigenvalue weighted by Crippen LogP contribution is -2.45. The lowest BCUT2D eigenvalue weighted by atomic mass is 9.95. The van der Waals surface area contributed by atoms with Gasteiger partial charge in [-0.25, -0.2) is 9.59 Å². The van der Waals surface area contributed by atoms with Crippen LogP contribution in [0.2, 0.25) is 0 Å². The van der Waals surface area contributed by atoms with Crippen molar-refractivity contribution in [2.24, 2.45) is 0 Å². The van der Waals surface area contributed by atoms with Crippen molar-refractivity contribution < 1.29 is 28.5 Å². The highest BCUT2D eigenvalue weighted by Crippen LogP contribution is 2.35. The zero-order valence-corrected chi connectivity index (χ0v) is 20.4. The predicted molar refractivity (Wildman–Crippen MR) is 134 cm³/mol. The molecule has 1 heterocycles. The summed E-state index contributed by atoms with van der Waals surface area (Å²) in [7, 11) is 3.15. The van der Waals surface area contributed by atoms with E-state index in [1.807, 2.05) is 42.5 Å². The first kappa shape index (κ1) is 24.7. The zero-order chi connectivity index (χ0) is 25.5. The standard InChI is InChI=1S/C28H28N2O6/c1-18-25(27(31)36-17-20-9-12-22(33-2)13-10-20)26(30-28(32)29-18)21-11-14-23(34-3)24(15-21)35-16-19-7-5-4-6-8-19/h4-15,26H,16-17H2,1-3H3,(H2,29,30,32). The van der Waals surface area contributed by atoms with Gasteiger partial charge in [0.1, 0.15) is 19.0 Å². The summed E-state index contributed by atoms with van der Waals surface area (Å²) in [5, 5.41) is 5.49. The smallest absolute Gasteiger partial charge is 0.338 e. The number of carbonyl (C=O) groups excluding carboxylic acids is 2. The molecule has 1 aliphatic heterocycles. The van der Waals surface area contributed by atoms with Gasteiger partial charge < -0.3 is 29.6 Å². The molecule has 0 saturated carbocycles. The first-order valence-electron chi connectivity index (χ1n) is 11.4. The fraction of sp³-hybridized carbons (Fsp3) is 0.214. The lowest BCUT2D eigenvalue weighted by molar-refractivity contribution is -0.140. The fourth-order valence-electron chi connectivity index (χ4n) is 3.88.